The Kier molecular flexibility index (Phi) is 14.9. The Morgan fingerprint density at radius 1 is 0.537 bits per heavy atom. The van der Waals surface area contributed by atoms with Crippen LogP contribution in [0.3, 0.4) is 0 Å². The van der Waals surface area contributed by atoms with Gasteiger partial charge in [0.2, 0.25) is 0 Å². The summed E-state index contributed by atoms with van der Waals surface area (Å²) in [7, 11) is 0. The summed E-state index contributed by atoms with van der Waals surface area (Å²) in [5.41, 5.74) is 7.13. The van der Waals surface area contributed by atoms with Gasteiger partial charge in [0.05, 0.1) is 5.92 Å². The van der Waals surface area contributed by atoms with Crippen LogP contribution in [0.2, 0.25) is 0 Å². The molecule has 0 N–H and O–H groups in total. The summed E-state index contributed by atoms with van der Waals surface area (Å²) >= 11 is 0. The van der Waals surface area contributed by atoms with Crippen molar-refractivity contribution in [2.24, 2.45) is 10.3 Å². The van der Waals surface area contributed by atoms with Gasteiger partial charge in [0.25, 0.3) is 0 Å². The lowest BCUT2D eigenvalue weighted by Crippen LogP contribution is -2.28. The first-order valence-electron chi connectivity index (χ1n) is 14.3. The molecule has 0 aromatic heterocycles. The summed E-state index contributed by atoms with van der Waals surface area (Å²) in [5, 5.41) is 9.69. The van der Waals surface area contributed by atoms with E-state index in [1.807, 2.05) is 6.07 Å². The smallest absolute Gasteiger partial charge is 0.129 e. The van der Waals surface area contributed by atoms with E-state index in [4.69, 9.17) is 20.0 Å². The molecule has 0 aliphatic heterocycles. The van der Waals surface area contributed by atoms with Gasteiger partial charge < -0.3 is 19.5 Å². The van der Waals surface area contributed by atoms with Crippen molar-refractivity contribution >= 4 is 36.2 Å². The van der Waals surface area contributed by atoms with E-state index < -0.39 is 0 Å². The molecular weight excluding hydrogens is 555 g/mol. The molecule has 0 heterocycles. The molecule has 0 bridgehead atoms. The van der Waals surface area contributed by atoms with Crippen molar-refractivity contribution in [3.05, 3.63) is 95.6 Å². The summed E-state index contributed by atoms with van der Waals surface area (Å²) in [4.78, 5) is 16.8. The molecule has 8 heteroatoms. The van der Waals surface area contributed by atoms with Gasteiger partial charge in [-0.3, -0.25) is 0 Å². The molecule has 0 saturated carbocycles. The predicted octanol–water partition coefficient (Wildman–Crippen LogP) is 7.12. The third-order valence-electron chi connectivity index (χ3n) is 7.49. The van der Waals surface area contributed by atoms with Gasteiger partial charge in [0, 0.05) is 24.2 Å². The molecule has 0 saturated heterocycles. The summed E-state index contributed by atoms with van der Waals surface area (Å²) in [6, 6.07) is 27.3. The quantitative estimate of drug-likeness (QED) is 0.155. The molecule has 0 radical (unpaired) electrons. The number of fused-ring (bicyclic) bond motifs is 3. The minimum absolute atomic E-state index is 0. The maximum atomic E-state index is 6.05. The van der Waals surface area contributed by atoms with Crippen LogP contribution in [-0.2, 0) is 9.68 Å². The Morgan fingerprint density at radius 3 is 1.29 bits per heavy atom. The van der Waals surface area contributed by atoms with Crippen molar-refractivity contribution in [3.63, 3.8) is 0 Å². The average molecular weight is 600 g/mol. The zero-order valence-electron chi connectivity index (χ0n) is 24.7. The van der Waals surface area contributed by atoms with Gasteiger partial charge in [-0.05, 0) is 42.9 Å². The lowest BCUT2D eigenvalue weighted by Gasteiger charge is -2.21. The van der Waals surface area contributed by atoms with Crippen LogP contribution in [-0.4, -0.2) is 73.7 Å². The Balaban J connectivity index is 0.00000294. The Hall–Kier alpha value is -2.90. The van der Waals surface area contributed by atoms with Crippen molar-refractivity contribution in [1.29, 1.82) is 0 Å². The summed E-state index contributed by atoms with van der Waals surface area (Å²) in [5.74, 6) is -0.252. The van der Waals surface area contributed by atoms with E-state index in [0.717, 1.165) is 78.5 Å². The minimum Gasteiger partial charge on any atom is -0.394 e. The molecular formula is C33H44Cl2N4O2. The third kappa shape index (κ3) is 8.55. The molecule has 41 heavy (non-hydrogen) atoms. The fraction of sp³-hybridized carbons (Fsp3) is 0.394. The molecule has 4 rings (SSSR count). The standard InChI is InChI=1S/C33H42N4O2.2ClH/c1-5-36(6-2)22-24-38-34-32-29-20-14-12-18-27(29)28-19-13-15-21-30(28)33(31(32)26-16-10-9-11-17-26)35-39-25-23-37(7-3)8-4;;/h9-21,31H,5-8,22-25H2,1-4H3;2*1H. The molecule has 0 amide bonds. The molecule has 0 unspecified atom stereocenters. The lowest BCUT2D eigenvalue weighted by atomic mass is 9.85. The van der Waals surface area contributed by atoms with Crippen molar-refractivity contribution < 1.29 is 9.68 Å². The first-order chi connectivity index (χ1) is 19.2. The van der Waals surface area contributed by atoms with Crippen LogP contribution in [0.15, 0.2) is 89.2 Å². The number of oxime groups is 2. The van der Waals surface area contributed by atoms with E-state index in [2.05, 4.69) is 110 Å². The number of nitrogens with zero attached hydrogens (tertiary/aromatic N) is 4. The number of halogens is 2. The first-order valence-corrected chi connectivity index (χ1v) is 14.3. The van der Waals surface area contributed by atoms with Crippen molar-refractivity contribution in [3.8, 4) is 11.1 Å². The van der Waals surface area contributed by atoms with Gasteiger partial charge in [0.15, 0.2) is 0 Å². The molecule has 3 aromatic carbocycles. The zero-order chi connectivity index (χ0) is 27.5. The molecule has 222 valence electrons. The van der Waals surface area contributed by atoms with Gasteiger partial charge in [-0.2, -0.15) is 0 Å². The van der Waals surface area contributed by atoms with Crippen LogP contribution >= 0.6 is 24.8 Å². The first kappa shape index (κ1) is 34.3. The lowest BCUT2D eigenvalue weighted by molar-refractivity contribution is 0.112. The second-order valence-electron chi connectivity index (χ2n) is 9.61. The fourth-order valence-electron chi connectivity index (χ4n) is 5.14. The average Bonchev–Trinajstić information content (AvgIpc) is 3.11. The number of rotatable bonds is 13. The molecule has 6 nitrogen and oxygen atoms in total. The summed E-state index contributed by atoms with van der Waals surface area (Å²) < 4.78 is 0. The molecule has 0 fully saturated rings. The van der Waals surface area contributed by atoms with Crippen LogP contribution in [0.4, 0.5) is 0 Å². The largest absolute Gasteiger partial charge is 0.394 e. The Morgan fingerprint density at radius 2 is 0.902 bits per heavy atom. The minimum atomic E-state index is -0.252. The highest BCUT2D eigenvalue weighted by Crippen LogP contribution is 2.39. The molecule has 0 atom stereocenters. The highest BCUT2D eigenvalue weighted by molar-refractivity contribution is 6.29. The highest BCUT2D eigenvalue weighted by Gasteiger charge is 2.34. The Bertz CT molecular complexity index is 1170. The highest BCUT2D eigenvalue weighted by atomic mass is 35.5. The van der Waals surface area contributed by atoms with Crippen molar-refractivity contribution in [2.75, 3.05) is 52.5 Å². The molecule has 0 spiro atoms. The van der Waals surface area contributed by atoms with E-state index >= 15 is 0 Å². The molecule has 1 aliphatic rings. The monoisotopic (exact) mass is 598 g/mol. The maximum absolute atomic E-state index is 6.05. The number of likely N-dealkylation sites (N-methyl/N-ethyl adjacent to an activating group) is 2. The second-order valence-corrected chi connectivity index (χ2v) is 9.61. The van der Waals surface area contributed by atoms with Crippen LogP contribution in [0.1, 0.15) is 50.3 Å². The van der Waals surface area contributed by atoms with Gasteiger partial charge in [-0.1, -0.05) is 117 Å². The van der Waals surface area contributed by atoms with Gasteiger partial charge in [0.1, 0.15) is 24.6 Å². The van der Waals surface area contributed by atoms with E-state index in [-0.39, 0.29) is 30.7 Å². The van der Waals surface area contributed by atoms with E-state index in [0.29, 0.717) is 13.2 Å². The van der Waals surface area contributed by atoms with Crippen molar-refractivity contribution in [1.82, 2.24) is 9.80 Å². The van der Waals surface area contributed by atoms with Crippen LogP contribution in [0.25, 0.3) is 11.1 Å². The molecule has 1 aliphatic carbocycles. The van der Waals surface area contributed by atoms with Crippen molar-refractivity contribution in [2.45, 2.75) is 33.6 Å². The SMILES string of the molecule is CCN(CC)CCON=C1c2ccccc2-c2ccccc2C(=NOCCN(CC)CC)C1c1ccccc1.Cl.Cl. The van der Waals surface area contributed by atoms with Crippen LogP contribution in [0.5, 0.6) is 0 Å². The van der Waals surface area contributed by atoms with Crippen LogP contribution in [0, 0.1) is 0 Å². The number of benzene rings is 3. The van der Waals surface area contributed by atoms with Gasteiger partial charge >= 0.3 is 0 Å². The van der Waals surface area contributed by atoms with E-state index in [1.54, 1.807) is 0 Å². The molecule has 3 aromatic rings. The Labute approximate surface area is 258 Å². The fourth-order valence-corrected chi connectivity index (χ4v) is 5.14. The number of hydrogen-bond acceptors (Lipinski definition) is 6. The van der Waals surface area contributed by atoms with E-state index in [1.165, 1.54) is 0 Å². The van der Waals surface area contributed by atoms with Gasteiger partial charge in [-0.25, -0.2) is 0 Å². The number of hydrogen-bond donors (Lipinski definition) is 0. The predicted molar refractivity (Wildman–Crippen MR) is 176 cm³/mol. The van der Waals surface area contributed by atoms with Crippen LogP contribution < -0.4 is 0 Å². The zero-order valence-corrected chi connectivity index (χ0v) is 26.3. The normalized spacial score (nSPS) is 16.0. The third-order valence-corrected chi connectivity index (χ3v) is 7.49. The summed E-state index contributed by atoms with van der Waals surface area (Å²) in [6.45, 7) is 15.3. The van der Waals surface area contributed by atoms with Gasteiger partial charge in [-0.15, -0.1) is 24.8 Å². The topological polar surface area (TPSA) is 49.7 Å². The maximum Gasteiger partial charge on any atom is 0.129 e. The van der Waals surface area contributed by atoms with E-state index in [9.17, 15) is 0 Å². The second kappa shape index (κ2) is 17.8. The summed E-state index contributed by atoms with van der Waals surface area (Å²) in [6.07, 6.45) is 0.